The predicted molar refractivity (Wildman–Crippen MR) is 208 cm³/mol. The van der Waals surface area contributed by atoms with E-state index in [1.165, 1.54) is 38.9 Å². The average molecular weight is 640 g/mol. The molecular formula is C48H33NO. The normalized spacial score (nSPS) is 11.4. The van der Waals surface area contributed by atoms with E-state index in [2.05, 4.69) is 199 Å². The van der Waals surface area contributed by atoms with Crippen LogP contribution in [-0.4, -0.2) is 0 Å². The van der Waals surface area contributed by atoms with Crippen molar-refractivity contribution < 1.29 is 4.74 Å². The second-order valence-electron chi connectivity index (χ2n) is 12.5. The number of benzene rings is 8. The Kier molecular flexibility index (Phi) is 7.53. The van der Waals surface area contributed by atoms with Crippen molar-refractivity contribution in [3.8, 4) is 67.1 Å². The van der Waals surface area contributed by atoms with Crippen molar-refractivity contribution in [1.29, 1.82) is 0 Å². The fraction of sp³-hybridized carbons (Fsp3) is 0. The number of para-hydroxylation sites is 1. The fourth-order valence-corrected chi connectivity index (χ4v) is 7.08. The third kappa shape index (κ3) is 5.43. The molecule has 0 atom stereocenters. The zero-order valence-electron chi connectivity index (χ0n) is 27.4. The van der Waals surface area contributed by atoms with E-state index in [0.29, 0.717) is 0 Å². The maximum atomic E-state index is 6.73. The summed E-state index contributed by atoms with van der Waals surface area (Å²) in [4.78, 5) is 2.34. The van der Waals surface area contributed by atoms with Gasteiger partial charge < -0.3 is 9.64 Å². The molecule has 2 nitrogen and oxygen atoms in total. The Labute approximate surface area is 293 Å². The van der Waals surface area contributed by atoms with Crippen molar-refractivity contribution in [3.63, 3.8) is 0 Å². The Hall–Kier alpha value is -6.64. The molecule has 0 spiro atoms. The van der Waals surface area contributed by atoms with Crippen molar-refractivity contribution in [2.75, 3.05) is 4.90 Å². The lowest BCUT2D eigenvalue weighted by Gasteiger charge is -2.27. The molecule has 9 rings (SSSR count). The highest BCUT2D eigenvalue weighted by molar-refractivity contribution is 6.00. The van der Waals surface area contributed by atoms with Crippen LogP contribution in [0.5, 0.6) is 11.5 Å². The first-order valence-corrected chi connectivity index (χ1v) is 17.0. The van der Waals surface area contributed by atoms with Gasteiger partial charge in [-0.1, -0.05) is 152 Å². The maximum absolute atomic E-state index is 6.73. The maximum Gasteiger partial charge on any atom is 0.135 e. The highest BCUT2D eigenvalue weighted by Crippen LogP contribution is 2.51. The number of rotatable bonds is 6. The minimum Gasteiger partial charge on any atom is -0.456 e. The van der Waals surface area contributed by atoms with E-state index in [9.17, 15) is 0 Å². The zero-order chi connectivity index (χ0) is 33.3. The van der Waals surface area contributed by atoms with E-state index in [-0.39, 0.29) is 0 Å². The largest absolute Gasteiger partial charge is 0.456 e. The van der Waals surface area contributed by atoms with Gasteiger partial charge in [-0.3, -0.25) is 0 Å². The van der Waals surface area contributed by atoms with Crippen molar-refractivity contribution in [3.05, 3.63) is 200 Å². The summed E-state index contributed by atoms with van der Waals surface area (Å²) < 4.78 is 6.73. The van der Waals surface area contributed by atoms with Crippen LogP contribution in [0.25, 0.3) is 55.6 Å². The molecule has 0 N–H and O–H groups in total. The molecule has 0 aromatic heterocycles. The van der Waals surface area contributed by atoms with Gasteiger partial charge in [0.15, 0.2) is 0 Å². The van der Waals surface area contributed by atoms with E-state index in [0.717, 1.165) is 45.3 Å². The molecule has 236 valence electrons. The minimum atomic E-state index is 0.837. The molecule has 0 saturated carbocycles. The van der Waals surface area contributed by atoms with Crippen molar-refractivity contribution >= 4 is 17.1 Å². The number of hydrogen-bond acceptors (Lipinski definition) is 2. The van der Waals surface area contributed by atoms with E-state index >= 15 is 0 Å². The van der Waals surface area contributed by atoms with Crippen LogP contribution in [0.2, 0.25) is 0 Å². The third-order valence-electron chi connectivity index (χ3n) is 9.50. The number of fused-ring (bicyclic) bond motifs is 5. The van der Waals surface area contributed by atoms with Crippen LogP contribution in [0.1, 0.15) is 0 Å². The first kappa shape index (κ1) is 29.5. The van der Waals surface area contributed by atoms with Gasteiger partial charge in [0.2, 0.25) is 0 Å². The van der Waals surface area contributed by atoms with Gasteiger partial charge in [0.1, 0.15) is 11.5 Å². The van der Waals surface area contributed by atoms with Gasteiger partial charge >= 0.3 is 0 Å². The predicted octanol–water partition coefficient (Wildman–Crippen LogP) is 13.6. The average Bonchev–Trinajstić information content (AvgIpc) is 3.34. The van der Waals surface area contributed by atoms with E-state index < -0.39 is 0 Å². The molecule has 0 fully saturated rings. The lowest BCUT2D eigenvalue weighted by molar-refractivity contribution is 0.488. The first-order valence-electron chi connectivity index (χ1n) is 17.0. The Morgan fingerprint density at radius 1 is 0.280 bits per heavy atom. The molecule has 0 amide bonds. The molecular weight excluding hydrogens is 607 g/mol. The van der Waals surface area contributed by atoms with E-state index in [1.54, 1.807) is 0 Å². The highest BCUT2D eigenvalue weighted by Gasteiger charge is 2.25. The molecule has 0 aliphatic carbocycles. The summed E-state index contributed by atoms with van der Waals surface area (Å²) in [5, 5.41) is 0. The first-order chi connectivity index (χ1) is 24.8. The lowest BCUT2D eigenvalue weighted by Crippen LogP contribution is -2.10. The van der Waals surface area contributed by atoms with Crippen LogP contribution in [0.4, 0.5) is 17.1 Å². The van der Waals surface area contributed by atoms with Gasteiger partial charge in [-0.05, 0) is 87.5 Å². The number of hydrogen-bond donors (Lipinski definition) is 0. The van der Waals surface area contributed by atoms with Crippen molar-refractivity contribution in [2.45, 2.75) is 0 Å². The summed E-state index contributed by atoms with van der Waals surface area (Å²) in [5.41, 5.74) is 14.8. The molecule has 0 saturated heterocycles. The fourth-order valence-electron chi connectivity index (χ4n) is 7.08. The molecule has 1 aliphatic rings. The third-order valence-corrected chi connectivity index (χ3v) is 9.50. The van der Waals surface area contributed by atoms with Crippen LogP contribution in [-0.2, 0) is 0 Å². The summed E-state index contributed by atoms with van der Waals surface area (Å²) in [6.07, 6.45) is 0. The van der Waals surface area contributed by atoms with Crippen LogP contribution in [0, 0.1) is 0 Å². The second-order valence-corrected chi connectivity index (χ2v) is 12.5. The van der Waals surface area contributed by atoms with Gasteiger partial charge in [0.05, 0.1) is 0 Å². The monoisotopic (exact) mass is 639 g/mol. The molecule has 8 aromatic carbocycles. The quantitative estimate of drug-likeness (QED) is 0.179. The summed E-state index contributed by atoms with van der Waals surface area (Å²) in [6.45, 7) is 0. The van der Waals surface area contributed by atoms with Crippen LogP contribution in [0.15, 0.2) is 200 Å². The molecule has 50 heavy (non-hydrogen) atoms. The van der Waals surface area contributed by atoms with Crippen molar-refractivity contribution in [2.24, 2.45) is 0 Å². The molecule has 0 bridgehead atoms. The topological polar surface area (TPSA) is 12.5 Å². The van der Waals surface area contributed by atoms with Gasteiger partial charge in [0.25, 0.3) is 0 Å². The lowest BCUT2D eigenvalue weighted by atomic mass is 9.87. The Bertz CT molecular complexity index is 2330. The SMILES string of the molecule is c1ccc(-c2ccc(N(c3ccc(-c4ccccc4)cc3)c3ccc4c(c3)-c3cccc(-c5ccccc5)c3-c3ccccc3O4)cc2)cc1. The van der Waals surface area contributed by atoms with Crippen LogP contribution >= 0.6 is 0 Å². The summed E-state index contributed by atoms with van der Waals surface area (Å²) >= 11 is 0. The summed E-state index contributed by atoms with van der Waals surface area (Å²) in [5.74, 6) is 1.69. The Morgan fingerprint density at radius 3 is 1.32 bits per heavy atom. The molecule has 1 heterocycles. The van der Waals surface area contributed by atoms with E-state index in [4.69, 9.17) is 4.74 Å². The summed E-state index contributed by atoms with van der Waals surface area (Å²) in [6, 6.07) is 70.9. The number of nitrogens with zero attached hydrogens (tertiary/aromatic N) is 1. The van der Waals surface area contributed by atoms with Gasteiger partial charge in [-0.15, -0.1) is 0 Å². The highest BCUT2D eigenvalue weighted by atomic mass is 16.5. The molecule has 0 unspecified atom stereocenters. The van der Waals surface area contributed by atoms with Crippen LogP contribution in [0.3, 0.4) is 0 Å². The Balaban J connectivity index is 1.21. The van der Waals surface area contributed by atoms with Crippen molar-refractivity contribution in [1.82, 2.24) is 0 Å². The number of anilines is 3. The van der Waals surface area contributed by atoms with Crippen LogP contribution < -0.4 is 9.64 Å². The van der Waals surface area contributed by atoms with Gasteiger partial charge in [-0.2, -0.15) is 0 Å². The Morgan fingerprint density at radius 2 is 0.720 bits per heavy atom. The van der Waals surface area contributed by atoms with E-state index in [1.807, 2.05) is 6.07 Å². The zero-order valence-corrected chi connectivity index (χ0v) is 27.4. The smallest absolute Gasteiger partial charge is 0.135 e. The second kappa shape index (κ2) is 12.8. The molecule has 0 radical (unpaired) electrons. The minimum absolute atomic E-state index is 0.837. The standard InChI is InChI=1S/C48H33NO/c1-4-13-34(14-5-1)36-23-27-39(28-24-36)49(40-29-25-37(26-30-40)35-15-6-2-7-16-35)41-31-32-47-45(33-41)43-21-12-20-42(38-17-8-3-9-18-38)48(43)44-19-10-11-22-46(44)50-47/h1-33H. The number of ether oxygens (including phenoxy) is 1. The van der Waals surface area contributed by atoms with Gasteiger partial charge in [-0.25, -0.2) is 0 Å². The molecule has 8 aromatic rings. The molecule has 2 heteroatoms. The summed E-state index contributed by atoms with van der Waals surface area (Å²) in [7, 11) is 0. The van der Waals surface area contributed by atoms with Gasteiger partial charge in [0, 0.05) is 33.8 Å². The molecule has 1 aliphatic heterocycles.